The molecule has 0 saturated carbocycles. The highest BCUT2D eigenvalue weighted by molar-refractivity contribution is 9.10. The molecule has 1 unspecified atom stereocenters. The Morgan fingerprint density at radius 2 is 2.30 bits per heavy atom. The molecule has 1 heterocycles. The lowest BCUT2D eigenvalue weighted by atomic mass is 10.0. The monoisotopic (exact) mass is 340 g/mol. The smallest absolute Gasteiger partial charge is 0.303 e. The molecule has 2 N–H and O–H groups in total. The fourth-order valence-corrected chi connectivity index (χ4v) is 2.84. The van der Waals surface area contributed by atoms with Crippen LogP contribution in [0.2, 0.25) is 0 Å². The molecule has 1 aromatic carbocycles. The molecule has 20 heavy (non-hydrogen) atoms. The van der Waals surface area contributed by atoms with E-state index >= 15 is 0 Å². The number of amides is 1. The predicted molar refractivity (Wildman–Crippen MR) is 78.3 cm³/mol. The number of aliphatic carboxylic acids is 1. The lowest BCUT2D eigenvalue weighted by Gasteiger charge is -2.35. The van der Waals surface area contributed by atoms with Crippen molar-refractivity contribution in [3.63, 3.8) is 0 Å². The number of carboxylic acids is 1. The van der Waals surface area contributed by atoms with Gasteiger partial charge in [-0.3, -0.25) is 14.5 Å². The number of carbonyl (C=O) groups excluding carboxylic acids is 1. The molecule has 2 rings (SSSR count). The zero-order valence-corrected chi connectivity index (χ0v) is 12.6. The summed E-state index contributed by atoms with van der Waals surface area (Å²) in [5.41, 5.74) is 0.923. The number of benzene rings is 1. The largest absolute Gasteiger partial charge is 0.481 e. The first-order chi connectivity index (χ1) is 9.58. The predicted octanol–water partition coefficient (Wildman–Crippen LogP) is 1.79. The molecule has 1 aromatic rings. The molecule has 1 saturated heterocycles. The molecule has 1 aliphatic rings. The second-order valence-electron chi connectivity index (χ2n) is 4.78. The van der Waals surface area contributed by atoms with E-state index in [0.717, 1.165) is 16.6 Å². The Bertz CT molecular complexity index is 507. The van der Waals surface area contributed by atoms with Gasteiger partial charge in [-0.2, -0.15) is 0 Å². The normalized spacial score (nSPS) is 19.6. The summed E-state index contributed by atoms with van der Waals surface area (Å²) in [5.74, 6) is -0.824. The van der Waals surface area contributed by atoms with Crippen LogP contribution in [0.3, 0.4) is 0 Å². The zero-order valence-electron chi connectivity index (χ0n) is 11.0. The van der Waals surface area contributed by atoms with Gasteiger partial charge >= 0.3 is 5.97 Å². The molecular formula is C14H17BrN2O3. The van der Waals surface area contributed by atoms with Crippen molar-refractivity contribution in [1.29, 1.82) is 0 Å². The van der Waals surface area contributed by atoms with Gasteiger partial charge in [0.1, 0.15) is 6.04 Å². The third-order valence-corrected chi connectivity index (χ3v) is 3.81. The second-order valence-corrected chi connectivity index (χ2v) is 5.70. The third-order valence-electron chi connectivity index (χ3n) is 3.31. The van der Waals surface area contributed by atoms with Crippen molar-refractivity contribution >= 4 is 27.8 Å². The van der Waals surface area contributed by atoms with Gasteiger partial charge in [0.25, 0.3) is 0 Å². The molecule has 5 nitrogen and oxygen atoms in total. The van der Waals surface area contributed by atoms with Gasteiger partial charge in [0.15, 0.2) is 0 Å². The molecule has 1 fully saturated rings. The summed E-state index contributed by atoms with van der Waals surface area (Å²) in [5, 5.41) is 11.6. The zero-order chi connectivity index (χ0) is 14.5. The maximum atomic E-state index is 12.1. The first-order valence-electron chi connectivity index (χ1n) is 6.57. The van der Waals surface area contributed by atoms with Crippen LogP contribution in [-0.2, 0) is 9.59 Å². The average molecular weight is 341 g/mol. The summed E-state index contributed by atoms with van der Waals surface area (Å²) in [6.45, 7) is 1.95. The summed E-state index contributed by atoms with van der Waals surface area (Å²) in [6.07, 6.45) is 0.677. The van der Waals surface area contributed by atoms with Crippen LogP contribution in [-0.4, -0.2) is 41.5 Å². The van der Waals surface area contributed by atoms with Gasteiger partial charge in [-0.25, -0.2) is 0 Å². The number of nitrogens with zero attached hydrogens (tertiary/aromatic N) is 1. The first kappa shape index (κ1) is 15.0. The number of carboxylic acid groups (broad SMARTS) is 1. The quantitative estimate of drug-likeness (QED) is 0.857. The number of halogens is 1. The van der Waals surface area contributed by atoms with E-state index in [4.69, 9.17) is 5.11 Å². The summed E-state index contributed by atoms with van der Waals surface area (Å²) in [7, 11) is 0. The molecule has 1 aliphatic heterocycles. The summed E-state index contributed by atoms with van der Waals surface area (Å²) < 4.78 is 0.929. The number of hydrogen-bond acceptors (Lipinski definition) is 3. The van der Waals surface area contributed by atoms with Crippen molar-refractivity contribution < 1.29 is 14.7 Å². The van der Waals surface area contributed by atoms with Crippen LogP contribution < -0.4 is 5.32 Å². The molecule has 0 aliphatic carbocycles. The highest BCUT2D eigenvalue weighted by Crippen LogP contribution is 2.25. The van der Waals surface area contributed by atoms with E-state index in [-0.39, 0.29) is 18.4 Å². The van der Waals surface area contributed by atoms with Crippen LogP contribution in [0.25, 0.3) is 0 Å². The SMILES string of the molecule is O=C(O)CCCN1CCNC(=O)C1c1cccc(Br)c1. The molecular weight excluding hydrogens is 324 g/mol. The van der Waals surface area contributed by atoms with Crippen molar-refractivity contribution in [2.45, 2.75) is 18.9 Å². The number of carbonyl (C=O) groups is 2. The minimum Gasteiger partial charge on any atom is -0.481 e. The molecule has 108 valence electrons. The van der Waals surface area contributed by atoms with E-state index in [1.165, 1.54) is 0 Å². The number of hydrogen-bond donors (Lipinski definition) is 2. The number of nitrogens with one attached hydrogen (secondary N) is 1. The van der Waals surface area contributed by atoms with Gasteiger partial charge in [0, 0.05) is 24.0 Å². The van der Waals surface area contributed by atoms with E-state index in [9.17, 15) is 9.59 Å². The van der Waals surface area contributed by atoms with E-state index in [2.05, 4.69) is 21.2 Å². The fourth-order valence-electron chi connectivity index (χ4n) is 2.43. The van der Waals surface area contributed by atoms with Crippen molar-refractivity contribution in [2.75, 3.05) is 19.6 Å². The van der Waals surface area contributed by atoms with Gasteiger partial charge in [-0.1, -0.05) is 28.1 Å². The van der Waals surface area contributed by atoms with Gasteiger partial charge in [-0.15, -0.1) is 0 Å². The van der Waals surface area contributed by atoms with Crippen molar-refractivity contribution in [3.8, 4) is 0 Å². The van der Waals surface area contributed by atoms with Gasteiger partial charge in [0.05, 0.1) is 0 Å². The Hall–Kier alpha value is -1.40. The molecule has 0 radical (unpaired) electrons. The van der Waals surface area contributed by atoms with Crippen LogP contribution in [0, 0.1) is 0 Å². The van der Waals surface area contributed by atoms with Gasteiger partial charge < -0.3 is 10.4 Å². The molecule has 0 bridgehead atoms. The lowest BCUT2D eigenvalue weighted by Crippen LogP contribution is -2.50. The Balaban J connectivity index is 2.12. The summed E-state index contributed by atoms with van der Waals surface area (Å²) >= 11 is 3.41. The van der Waals surface area contributed by atoms with Gasteiger partial charge in [-0.05, 0) is 30.7 Å². The first-order valence-corrected chi connectivity index (χ1v) is 7.36. The average Bonchev–Trinajstić information content (AvgIpc) is 2.38. The summed E-state index contributed by atoms with van der Waals surface area (Å²) in [4.78, 5) is 24.8. The molecule has 1 atom stereocenters. The highest BCUT2D eigenvalue weighted by Gasteiger charge is 2.30. The minimum atomic E-state index is -0.800. The van der Waals surface area contributed by atoms with Crippen molar-refractivity contribution in [3.05, 3.63) is 34.3 Å². The molecule has 1 amide bonds. The number of piperazine rings is 1. The van der Waals surface area contributed by atoms with Crippen molar-refractivity contribution in [1.82, 2.24) is 10.2 Å². The standard InChI is InChI=1S/C14H17BrN2O3/c15-11-4-1-3-10(9-11)13-14(20)16-6-8-17(13)7-2-5-12(18)19/h1,3-4,9,13H,2,5-8H2,(H,16,20)(H,18,19). The van der Waals surface area contributed by atoms with E-state index in [1.54, 1.807) is 0 Å². The Morgan fingerprint density at radius 1 is 1.50 bits per heavy atom. The Morgan fingerprint density at radius 3 is 3.00 bits per heavy atom. The minimum absolute atomic E-state index is 0.0234. The molecule has 0 aromatic heterocycles. The van der Waals surface area contributed by atoms with E-state index < -0.39 is 5.97 Å². The van der Waals surface area contributed by atoms with Crippen LogP contribution >= 0.6 is 15.9 Å². The van der Waals surface area contributed by atoms with Crippen LogP contribution in [0.5, 0.6) is 0 Å². The van der Waals surface area contributed by atoms with Crippen LogP contribution in [0.15, 0.2) is 28.7 Å². The van der Waals surface area contributed by atoms with Crippen LogP contribution in [0.4, 0.5) is 0 Å². The second kappa shape index (κ2) is 6.85. The maximum absolute atomic E-state index is 12.1. The molecule has 6 heteroatoms. The number of rotatable bonds is 5. The molecule has 0 spiro atoms. The Kier molecular flexibility index (Phi) is 5.14. The van der Waals surface area contributed by atoms with Crippen molar-refractivity contribution in [2.24, 2.45) is 0 Å². The highest BCUT2D eigenvalue weighted by atomic mass is 79.9. The third kappa shape index (κ3) is 3.80. The van der Waals surface area contributed by atoms with E-state index in [1.807, 2.05) is 29.2 Å². The topological polar surface area (TPSA) is 69.6 Å². The Labute approximate surface area is 126 Å². The summed E-state index contributed by atoms with van der Waals surface area (Å²) in [6, 6.07) is 7.33. The maximum Gasteiger partial charge on any atom is 0.303 e. The van der Waals surface area contributed by atoms with E-state index in [0.29, 0.717) is 19.5 Å². The lowest BCUT2D eigenvalue weighted by molar-refractivity contribution is -0.137. The van der Waals surface area contributed by atoms with Crippen LogP contribution in [0.1, 0.15) is 24.4 Å². The fraction of sp³-hybridized carbons (Fsp3) is 0.429. The van der Waals surface area contributed by atoms with Gasteiger partial charge in [0.2, 0.25) is 5.91 Å².